The number of benzene rings is 1. The highest BCUT2D eigenvalue weighted by Gasteiger charge is 2.32. The van der Waals surface area contributed by atoms with Crippen molar-refractivity contribution in [3.63, 3.8) is 0 Å². The minimum atomic E-state index is -0.375. The van der Waals surface area contributed by atoms with Gasteiger partial charge in [0.05, 0.1) is 5.92 Å². The number of nitrogens with two attached hydrogens (primary N) is 1. The molecule has 1 amide bonds. The van der Waals surface area contributed by atoms with E-state index in [1.165, 1.54) is 0 Å². The summed E-state index contributed by atoms with van der Waals surface area (Å²) in [5.41, 5.74) is 6.47. The van der Waals surface area contributed by atoms with Crippen molar-refractivity contribution in [2.75, 3.05) is 13.2 Å². The molecule has 0 fully saturated rings. The Morgan fingerprint density at radius 2 is 2.22 bits per heavy atom. The van der Waals surface area contributed by atoms with Gasteiger partial charge < -0.3 is 15.8 Å². The van der Waals surface area contributed by atoms with E-state index < -0.39 is 0 Å². The minimum Gasteiger partial charge on any atom is -0.492 e. The van der Waals surface area contributed by atoms with Crippen LogP contribution in [0.15, 0.2) is 18.2 Å². The highest BCUT2D eigenvalue weighted by molar-refractivity contribution is 6.30. The molecule has 0 bridgehead atoms. The number of carbonyl (C=O) groups excluding carboxylic acids is 1. The van der Waals surface area contributed by atoms with Gasteiger partial charge in [-0.05, 0) is 49.4 Å². The molecule has 0 aliphatic carbocycles. The van der Waals surface area contributed by atoms with E-state index in [9.17, 15) is 4.79 Å². The Balaban J connectivity index is 0.00000264. The molecule has 130 valence electrons. The maximum atomic E-state index is 12.6. The predicted molar refractivity (Wildman–Crippen MR) is 96.4 cm³/mol. The fraction of sp³-hybridized carbons (Fsp3) is 0.588. The lowest BCUT2D eigenvalue weighted by Gasteiger charge is -2.34. The highest BCUT2D eigenvalue weighted by atomic mass is 35.5. The van der Waals surface area contributed by atoms with Gasteiger partial charge in [-0.1, -0.05) is 25.4 Å². The first-order chi connectivity index (χ1) is 10.3. The van der Waals surface area contributed by atoms with E-state index in [1.54, 1.807) is 6.07 Å². The van der Waals surface area contributed by atoms with Gasteiger partial charge in [-0.25, -0.2) is 0 Å². The zero-order valence-corrected chi connectivity index (χ0v) is 15.5. The van der Waals surface area contributed by atoms with Crippen LogP contribution in [0, 0.1) is 11.8 Å². The van der Waals surface area contributed by atoms with Crippen molar-refractivity contribution in [3.8, 4) is 5.75 Å². The van der Waals surface area contributed by atoms with Crippen molar-refractivity contribution in [3.05, 3.63) is 28.8 Å². The van der Waals surface area contributed by atoms with Crippen molar-refractivity contribution in [1.82, 2.24) is 5.32 Å². The van der Waals surface area contributed by atoms with Crippen LogP contribution < -0.4 is 15.8 Å². The molecule has 0 saturated heterocycles. The Morgan fingerprint density at radius 3 is 2.83 bits per heavy atom. The zero-order chi connectivity index (χ0) is 16.3. The molecular weight excluding hydrogens is 335 g/mol. The van der Waals surface area contributed by atoms with E-state index >= 15 is 0 Å². The fourth-order valence-electron chi connectivity index (χ4n) is 3.02. The van der Waals surface area contributed by atoms with Gasteiger partial charge in [-0.2, -0.15) is 0 Å². The number of hydrogen-bond acceptors (Lipinski definition) is 3. The van der Waals surface area contributed by atoms with Crippen LogP contribution in [0.1, 0.15) is 32.8 Å². The van der Waals surface area contributed by atoms with E-state index in [-0.39, 0.29) is 29.8 Å². The average Bonchev–Trinajstić information content (AvgIpc) is 2.45. The molecule has 1 aromatic rings. The van der Waals surface area contributed by atoms with Gasteiger partial charge >= 0.3 is 0 Å². The highest BCUT2D eigenvalue weighted by Crippen LogP contribution is 2.30. The van der Waals surface area contributed by atoms with Gasteiger partial charge in [0.25, 0.3) is 0 Å². The summed E-state index contributed by atoms with van der Waals surface area (Å²) in [6, 6.07) is 5.52. The molecule has 2 atom stereocenters. The third-order valence-electron chi connectivity index (χ3n) is 4.03. The number of halogens is 2. The molecule has 1 aliphatic rings. The molecule has 4 nitrogen and oxygen atoms in total. The van der Waals surface area contributed by atoms with Gasteiger partial charge in [-0.15, -0.1) is 12.4 Å². The van der Waals surface area contributed by atoms with Crippen molar-refractivity contribution in [2.45, 2.75) is 39.2 Å². The number of rotatable bonds is 5. The summed E-state index contributed by atoms with van der Waals surface area (Å²) in [6.07, 6.45) is 1.50. The van der Waals surface area contributed by atoms with Gasteiger partial charge in [0, 0.05) is 17.1 Å². The van der Waals surface area contributed by atoms with E-state index in [0.717, 1.165) is 17.7 Å². The molecule has 23 heavy (non-hydrogen) atoms. The van der Waals surface area contributed by atoms with Crippen LogP contribution in [0.25, 0.3) is 0 Å². The summed E-state index contributed by atoms with van der Waals surface area (Å²) in [7, 11) is 0. The van der Waals surface area contributed by atoms with Gasteiger partial charge in [0.1, 0.15) is 12.4 Å². The number of hydrogen-bond donors (Lipinski definition) is 2. The Labute approximate surface area is 149 Å². The van der Waals surface area contributed by atoms with E-state index in [4.69, 9.17) is 22.1 Å². The van der Waals surface area contributed by atoms with Crippen molar-refractivity contribution in [1.29, 1.82) is 0 Å². The van der Waals surface area contributed by atoms with Crippen LogP contribution in [0.2, 0.25) is 5.02 Å². The summed E-state index contributed by atoms with van der Waals surface area (Å²) in [5, 5.41) is 3.77. The normalized spacial score (nSPS) is 19.1. The third kappa shape index (κ3) is 5.27. The molecule has 2 rings (SSSR count). The fourth-order valence-corrected chi connectivity index (χ4v) is 3.21. The molecule has 0 saturated carbocycles. The lowest BCUT2D eigenvalue weighted by Crippen LogP contribution is -2.54. The number of amides is 1. The van der Waals surface area contributed by atoms with Gasteiger partial charge in [0.15, 0.2) is 0 Å². The molecule has 0 aromatic heterocycles. The van der Waals surface area contributed by atoms with Gasteiger partial charge in [-0.3, -0.25) is 4.79 Å². The summed E-state index contributed by atoms with van der Waals surface area (Å²) in [4.78, 5) is 12.6. The van der Waals surface area contributed by atoms with Crippen LogP contribution in [0.5, 0.6) is 5.75 Å². The van der Waals surface area contributed by atoms with E-state index in [0.29, 0.717) is 30.5 Å². The maximum Gasteiger partial charge on any atom is 0.227 e. The SMILES string of the molecule is CC(C)CC(C)(CN)NC(=O)C1COc2ccc(Cl)cc2C1.Cl. The molecule has 0 spiro atoms. The topological polar surface area (TPSA) is 64.3 Å². The summed E-state index contributed by atoms with van der Waals surface area (Å²) < 4.78 is 5.69. The number of fused-ring (bicyclic) bond motifs is 1. The Hall–Kier alpha value is -0.970. The van der Waals surface area contributed by atoms with Crippen molar-refractivity contribution < 1.29 is 9.53 Å². The number of ether oxygens (including phenoxy) is 1. The smallest absolute Gasteiger partial charge is 0.227 e. The Bertz CT molecular complexity index is 551. The molecule has 1 heterocycles. The first kappa shape index (κ1) is 20.1. The molecule has 1 aromatic carbocycles. The quantitative estimate of drug-likeness (QED) is 0.847. The molecule has 1 aliphatic heterocycles. The monoisotopic (exact) mass is 360 g/mol. The second-order valence-corrected chi connectivity index (χ2v) is 7.25. The molecule has 0 radical (unpaired) electrons. The van der Waals surface area contributed by atoms with E-state index in [2.05, 4.69) is 19.2 Å². The Morgan fingerprint density at radius 1 is 1.52 bits per heavy atom. The second kappa shape index (κ2) is 8.22. The zero-order valence-electron chi connectivity index (χ0n) is 13.9. The van der Waals surface area contributed by atoms with Crippen molar-refractivity contribution >= 4 is 29.9 Å². The molecule has 3 N–H and O–H groups in total. The van der Waals surface area contributed by atoms with E-state index in [1.807, 2.05) is 19.1 Å². The lowest BCUT2D eigenvalue weighted by atomic mass is 9.89. The first-order valence-electron chi connectivity index (χ1n) is 7.76. The third-order valence-corrected chi connectivity index (χ3v) is 4.27. The van der Waals surface area contributed by atoms with Gasteiger partial charge in [0.2, 0.25) is 5.91 Å². The van der Waals surface area contributed by atoms with Crippen LogP contribution in [0.4, 0.5) is 0 Å². The first-order valence-corrected chi connectivity index (χ1v) is 8.14. The summed E-state index contributed by atoms with van der Waals surface area (Å²) in [5.74, 6) is 1.08. The summed E-state index contributed by atoms with van der Waals surface area (Å²) >= 11 is 6.02. The summed E-state index contributed by atoms with van der Waals surface area (Å²) in [6.45, 7) is 7.07. The second-order valence-electron chi connectivity index (χ2n) is 6.82. The molecule has 6 heteroatoms. The predicted octanol–water partition coefficient (Wildman–Crippen LogP) is 3.19. The van der Waals surface area contributed by atoms with Crippen LogP contribution in [0.3, 0.4) is 0 Å². The minimum absolute atomic E-state index is 0. The maximum absolute atomic E-state index is 12.6. The van der Waals surface area contributed by atoms with Crippen LogP contribution in [-0.2, 0) is 11.2 Å². The van der Waals surface area contributed by atoms with Crippen molar-refractivity contribution in [2.24, 2.45) is 17.6 Å². The lowest BCUT2D eigenvalue weighted by molar-refractivity contribution is -0.128. The van der Waals surface area contributed by atoms with Crippen LogP contribution >= 0.6 is 24.0 Å². The number of nitrogens with one attached hydrogen (secondary N) is 1. The largest absolute Gasteiger partial charge is 0.492 e. The average molecular weight is 361 g/mol. The Kier molecular flexibility index (Phi) is 7.18. The molecule has 2 unspecified atom stereocenters. The molecular formula is C17H26Cl2N2O2. The van der Waals surface area contributed by atoms with Crippen LogP contribution in [-0.4, -0.2) is 24.6 Å². The standard InChI is InChI=1S/C17H25ClN2O2.ClH/c1-11(2)8-17(3,10-19)20-16(21)13-6-12-7-14(18)4-5-15(12)22-9-13;/h4-5,7,11,13H,6,8-10,19H2,1-3H3,(H,20,21);1H. The number of carbonyl (C=O) groups is 1.